The second-order valence-electron chi connectivity index (χ2n) is 2.04. The highest BCUT2D eigenvalue weighted by molar-refractivity contribution is 5.01. The van der Waals surface area contributed by atoms with Gasteiger partial charge in [-0.1, -0.05) is 0 Å². The summed E-state index contributed by atoms with van der Waals surface area (Å²) in [5.74, 6) is 0.703. The zero-order valence-corrected chi connectivity index (χ0v) is 5.21. The molecule has 3 heteroatoms. The molecule has 0 aromatic heterocycles. The summed E-state index contributed by atoms with van der Waals surface area (Å²) in [6, 6.07) is 0. The van der Waals surface area contributed by atoms with E-state index >= 15 is 0 Å². The molecule has 0 aliphatic carbocycles. The predicted molar refractivity (Wildman–Crippen MR) is 33.7 cm³/mol. The van der Waals surface area contributed by atoms with Gasteiger partial charge in [-0.15, -0.1) is 0 Å². The summed E-state index contributed by atoms with van der Waals surface area (Å²) in [4.78, 5) is 0. The highest BCUT2D eigenvalue weighted by Gasteiger charge is 2.09. The molecule has 52 valence electrons. The van der Waals surface area contributed by atoms with E-state index in [1.165, 1.54) is 0 Å². The van der Waals surface area contributed by atoms with Crippen molar-refractivity contribution in [2.45, 2.75) is 12.5 Å². The summed E-state index contributed by atoms with van der Waals surface area (Å²) in [7, 11) is 0. The SMILES string of the molecule is NCC1=C[C@H](O)CCO1. The minimum absolute atomic E-state index is 0.350. The third kappa shape index (κ3) is 1.69. The molecule has 9 heavy (non-hydrogen) atoms. The summed E-state index contributed by atoms with van der Waals surface area (Å²) >= 11 is 0. The largest absolute Gasteiger partial charge is 0.497 e. The van der Waals surface area contributed by atoms with Crippen LogP contribution in [0.25, 0.3) is 0 Å². The van der Waals surface area contributed by atoms with Crippen LogP contribution in [-0.4, -0.2) is 24.4 Å². The van der Waals surface area contributed by atoms with Crippen LogP contribution in [0.15, 0.2) is 11.8 Å². The molecule has 0 aromatic rings. The van der Waals surface area contributed by atoms with Gasteiger partial charge in [0.1, 0.15) is 5.76 Å². The minimum atomic E-state index is -0.350. The van der Waals surface area contributed by atoms with Crippen LogP contribution in [0.5, 0.6) is 0 Å². The van der Waals surface area contributed by atoms with Gasteiger partial charge in [0.2, 0.25) is 0 Å². The smallest absolute Gasteiger partial charge is 0.108 e. The lowest BCUT2D eigenvalue weighted by Crippen LogP contribution is -2.18. The Morgan fingerprint density at radius 1 is 1.89 bits per heavy atom. The number of rotatable bonds is 1. The summed E-state index contributed by atoms with van der Waals surface area (Å²) in [6.45, 7) is 0.973. The Morgan fingerprint density at radius 3 is 3.11 bits per heavy atom. The first-order valence-electron chi connectivity index (χ1n) is 3.04. The summed E-state index contributed by atoms with van der Waals surface area (Å²) in [6.07, 6.45) is 1.99. The van der Waals surface area contributed by atoms with Crippen molar-refractivity contribution < 1.29 is 9.84 Å². The summed E-state index contributed by atoms with van der Waals surface area (Å²) in [5, 5.41) is 9.00. The molecule has 0 bridgehead atoms. The second-order valence-corrected chi connectivity index (χ2v) is 2.04. The van der Waals surface area contributed by atoms with E-state index in [1.807, 2.05) is 0 Å². The third-order valence-corrected chi connectivity index (χ3v) is 1.28. The zero-order valence-electron chi connectivity index (χ0n) is 5.21. The molecule has 0 unspecified atom stereocenters. The molecule has 0 saturated heterocycles. The Morgan fingerprint density at radius 2 is 2.67 bits per heavy atom. The first-order valence-corrected chi connectivity index (χ1v) is 3.04. The van der Waals surface area contributed by atoms with E-state index in [9.17, 15) is 0 Å². The lowest BCUT2D eigenvalue weighted by Gasteiger charge is -2.16. The van der Waals surface area contributed by atoms with Crippen molar-refractivity contribution >= 4 is 0 Å². The van der Waals surface area contributed by atoms with E-state index < -0.39 is 0 Å². The molecule has 1 aliphatic heterocycles. The molecular formula is C6H11NO2. The van der Waals surface area contributed by atoms with Gasteiger partial charge in [0.05, 0.1) is 19.3 Å². The van der Waals surface area contributed by atoms with Crippen molar-refractivity contribution in [2.24, 2.45) is 5.73 Å². The molecule has 1 atom stereocenters. The molecule has 0 fully saturated rings. The number of aliphatic hydroxyl groups excluding tert-OH is 1. The van der Waals surface area contributed by atoms with Gasteiger partial charge >= 0.3 is 0 Å². The van der Waals surface area contributed by atoms with E-state index in [0.29, 0.717) is 25.3 Å². The molecule has 1 heterocycles. The predicted octanol–water partition coefficient (Wildman–Crippen LogP) is -0.390. The molecule has 0 radical (unpaired) electrons. The Balaban J connectivity index is 2.49. The molecule has 1 aliphatic rings. The highest BCUT2D eigenvalue weighted by atomic mass is 16.5. The molecule has 3 nitrogen and oxygen atoms in total. The number of hydrogen-bond donors (Lipinski definition) is 2. The molecule has 0 amide bonds. The fourth-order valence-corrected chi connectivity index (χ4v) is 0.784. The van der Waals surface area contributed by atoms with Gasteiger partial charge in [-0.25, -0.2) is 0 Å². The first-order chi connectivity index (χ1) is 4.33. The van der Waals surface area contributed by atoms with Crippen molar-refractivity contribution in [2.75, 3.05) is 13.2 Å². The Bertz CT molecular complexity index is 122. The summed E-state index contributed by atoms with van der Waals surface area (Å²) < 4.78 is 5.07. The lowest BCUT2D eigenvalue weighted by molar-refractivity contribution is 0.112. The van der Waals surface area contributed by atoms with Crippen LogP contribution in [0.3, 0.4) is 0 Å². The third-order valence-electron chi connectivity index (χ3n) is 1.28. The number of aliphatic hydroxyl groups is 1. The molecule has 3 N–H and O–H groups in total. The molecule has 0 aromatic carbocycles. The van der Waals surface area contributed by atoms with Gasteiger partial charge < -0.3 is 15.6 Å². The van der Waals surface area contributed by atoms with Crippen LogP contribution in [0.4, 0.5) is 0 Å². The van der Waals surface area contributed by atoms with E-state index in [-0.39, 0.29) is 6.10 Å². The van der Waals surface area contributed by atoms with Crippen LogP contribution in [0, 0.1) is 0 Å². The van der Waals surface area contributed by atoms with Crippen LogP contribution in [-0.2, 0) is 4.74 Å². The Labute approximate surface area is 54.1 Å². The van der Waals surface area contributed by atoms with Gasteiger partial charge in [-0.3, -0.25) is 0 Å². The number of hydrogen-bond acceptors (Lipinski definition) is 3. The van der Waals surface area contributed by atoms with E-state index in [1.54, 1.807) is 6.08 Å². The van der Waals surface area contributed by atoms with Crippen LogP contribution in [0.1, 0.15) is 6.42 Å². The maximum Gasteiger partial charge on any atom is 0.108 e. The van der Waals surface area contributed by atoms with Gasteiger partial charge in [0.25, 0.3) is 0 Å². The fraction of sp³-hybridized carbons (Fsp3) is 0.667. The van der Waals surface area contributed by atoms with Gasteiger partial charge in [-0.2, -0.15) is 0 Å². The minimum Gasteiger partial charge on any atom is -0.497 e. The van der Waals surface area contributed by atoms with Crippen molar-refractivity contribution in [3.63, 3.8) is 0 Å². The molecule has 1 rings (SSSR count). The topological polar surface area (TPSA) is 55.5 Å². The standard InChI is InChI=1S/C6H11NO2/c7-4-6-3-5(8)1-2-9-6/h3,5,8H,1-2,4,7H2/t5-/m1/s1. The maximum atomic E-state index is 9.00. The monoisotopic (exact) mass is 129 g/mol. The molecular weight excluding hydrogens is 118 g/mol. The average Bonchev–Trinajstić information content (AvgIpc) is 1.88. The normalized spacial score (nSPS) is 26.9. The zero-order chi connectivity index (χ0) is 6.69. The summed E-state index contributed by atoms with van der Waals surface area (Å²) in [5.41, 5.74) is 5.26. The second kappa shape index (κ2) is 2.85. The van der Waals surface area contributed by atoms with Crippen molar-refractivity contribution in [3.05, 3.63) is 11.8 Å². The van der Waals surface area contributed by atoms with Crippen molar-refractivity contribution in [1.82, 2.24) is 0 Å². The van der Waals surface area contributed by atoms with Crippen LogP contribution < -0.4 is 5.73 Å². The molecule has 0 saturated carbocycles. The Kier molecular flexibility index (Phi) is 2.08. The molecule has 0 spiro atoms. The van der Waals surface area contributed by atoms with Gasteiger partial charge in [0, 0.05) is 6.42 Å². The highest BCUT2D eigenvalue weighted by Crippen LogP contribution is 2.08. The van der Waals surface area contributed by atoms with Crippen molar-refractivity contribution in [3.8, 4) is 0 Å². The van der Waals surface area contributed by atoms with Crippen LogP contribution >= 0.6 is 0 Å². The number of nitrogens with two attached hydrogens (primary N) is 1. The number of ether oxygens (including phenoxy) is 1. The maximum absolute atomic E-state index is 9.00. The van der Waals surface area contributed by atoms with Gasteiger partial charge in [-0.05, 0) is 6.08 Å². The lowest BCUT2D eigenvalue weighted by atomic mass is 10.2. The average molecular weight is 129 g/mol. The Hall–Kier alpha value is -0.540. The first kappa shape index (κ1) is 6.58. The van der Waals surface area contributed by atoms with Gasteiger partial charge in [0.15, 0.2) is 0 Å². The fourth-order valence-electron chi connectivity index (χ4n) is 0.784. The van der Waals surface area contributed by atoms with Crippen molar-refractivity contribution in [1.29, 1.82) is 0 Å². The van der Waals surface area contributed by atoms with E-state index in [2.05, 4.69) is 0 Å². The quantitative estimate of drug-likeness (QED) is 0.507. The van der Waals surface area contributed by atoms with E-state index in [0.717, 1.165) is 0 Å². The van der Waals surface area contributed by atoms with Crippen LogP contribution in [0.2, 0.25) is 0 Å². The van der Waals surface area contributed by atoms with E-state index in [4.69, 9.17) is 15.6 Å².